The van der Waals surface area contributed by atoms with Crippen molar-refractivity contribution >= 4 is 49.8 Å². The number of nitrogens with two attached hydrogens (primary N) is 1. The standard InChI is InChI=1S/C28H21N5O2S/c1-16-10-12-18(13-11-16)21-14-22(20-9-5-7-17-6-3-4-8-19(17)20)30-28-24(21)25(29)26(36-28)27(34)31-23-15-33(2)32-35-23/h3-15H,1-2H3,(H2-,29,31,32,34)/p+1. The fourth-order valence-electron chi connectivity index (χ4n) is 4.39. The minimum Gasteiger partial charge on any atom is -0.397 e. The largest absolute Gasteiger partial charge is 0.397 e. The molecular weight excluding hydrogens is 470 g/mol. The van der Waals surface area contributed by atoms with E-state index in [1.807, 2.05) is 18.2 Å². The van der Waals surface area contributed by atoms with Gasteiger partial charge in [-0.2, -0.15) is 0 Å². The SMILES string of the molecule is Cc1ccc(-c2cc(-c3cccc4ccccc34)nc3sc(C(=O)Nc4c[n+](C)no4)c(N)c23)cc1. The van der Waals surface area contributed by atoms with Gasteiger partial charge in [0.1, 0.15) is 9.71 Å². The van der Waals surface area contributed by atoms with Crippen LogP contribution in [-0.2, 0) is 7.05 Å². The number of benzene rings is 3. The Labute approximate surface area is 210 Å². The van der Waals surface area contributed by atoms with Crippen LogP contribution in [0.25, 0.3) is 43.4 Å². The van der Waals surface area contributed by atoms with E-state index in [9.17, 15) is 4.79 Å². The fraction of sp³-hybridized carbons (Fsp3) is 0.0714. The van der Waals surface area contributed by atoms with E-state index >= 15 is 0 Å². The third-order valence-corrected chi connectivity index (χ3v) is 7.24. The number of nitrogen functional groups attached to an aromatic ring is 1. The van der Waals surface area contributed by atoms with Crippen LogP contribution < -0.4 is 15.7 Å². The van der Waals surface area contributed by atoms with E-state index in [0.717, 1.165) is 44.1 Å². The molecule has 0 fully saturated rings. The molecule has 7 nitrogen and oxygen atoms in total. The third kappa shape index (κ3) is 3.77. The first-order chi connectivity index (χ1) is 17.5. The summed E-state index contributed by atoms with van der Waals surface area (Å²) >= 11 is 1.27. The van der Waals surface area contributed by atoms with Crippen LogP contribution in [0.15, 0.2) is 83.5 Å². The number of aryl methyl sites for hydroxylation is 2. The number of thiophene rings is 1. The second kappa shape index (κ2) is 8.58. The zero-order valence-corrected chi connectivity index (χ0v) is 20.5. The van der Waals surface area contributed by atoms with E-state index in [-0.39, 0.29) is 11.8 Å². The quantitative estimate of drug-likeness (QED) is 0.306. The van der Waals surface area contributed by atoms with Crippen molar-refractivity contribution in [3.05, 3.63) is 89.4 Å². The van der Waals surface area contributed by atoms with Gasteiger partial charge in [0.15, 0.2) is 12.3 Å². The number of carbonyl (C=O) groups is 1. The smallest absolute Gasteiger partial charge is 0.302 e. The predicted octanol–water partition coefficient (Wildman–Crippen LogP) is 5.74. The van der Waals surface area contributed by atoms with Gasteiger partial charge in [-0.15, -0.1) is 11.3 Å². The summed E-state index contributed by atoms with van der Waals surface area (Å²) in [6.45, 7) is 2.05. The molecule has 0 aliphatic rings. The van der Waals surface area contributed by atoms with Gasteiger partial charge in [-0.05, 0) is 34.9 Å². The summed E-state index contributed by atoms with van der Waals surface area (Å²) in [5, 5.41) is 9.49. The molecular formula is C28H22N5O2S+. The molecule has 3 aromatic heterocycles. The lowest BCUT2D eigenvalue weighted by molar-refractivity contribution is -0.739. The van der Waals surface area contributed by atoms with Crippen molar-refractivity contribution in [3.63, 3.8) is 0 Å². The van der Waals surface area contributed by atoms with E-state index < -0.39 is 0 Å². The minimum absolute atomic E-state index is 0.238. The Balaban J connectivity index is 1.57. The second-order valence-electron chi connectivity index (χ2n) is 8.67. The van der Waals surface area contributed by atoms with Crippen LogP contribution in [0, 0.1) is 6.92 Å². The zero-order valence-electron chi connectivity index (χ0n) is 19.6. The summed E-state index contributed by atoms with van der Waals surface area (Å²) in [6.07, 6.45) is 1.58. The first-order valence-electron chi connectivity index (χ1n) is 11.4. The van der Waals surface area contributed by atoms with Crippen LogP contribution in [0.2, 0.25) is 0 Å². The third-order valence-electron chi connectivity index (χ3n) is 6.14. The highest BCUT2D eigenvalue weighted by Crippen LogP contribution is 2.42. The van der Waals surface area contributed by atoms with Crippen molar-refractivity contribution in [1.29, 1.82) is 0 Å². The van der Waals surface area contributed by atoms with Gasteiger partial charge in [0.25, 0.3) is 12.1 Å². The van der Waals surface area contributed by atoms with Gasteiger partial charge in [-0.1, -0.05) is 77.0 Å². The number of fused-ring (bicyclic) bond motifs is 2. The van der Waals surface area contributed by atoms with E-state index in [1.165, 1.54) is 16.0 Å². The molecule has 0 bridgehead atoms. The molecule has 0 aliphatic carbocycles. The Morgan fingerprint density at radius 1 is 1.03 bits per heavy atom. The first-order valence-corrected chi connectivity index (χ1v) is 12.2. The number of hydrogen-bond acceptors (Lipinski definition) is 6. The van der Waals surface area contributed by atoms with E-state index in [0.29, 0.717) is 15.4 Å². The van der Waals surface area contributed by atoms with Gasteiger partial charge < -0.3 is 5.73 Å². The molecule has 0 unspecified atom stereocenters. The first kappa shape index (κ1) is 21.9. The average molecular weight is 493 g/mol. The van der Waals surface area contributed by atoms with E-state index in [4.69, 9.17) is 15.2 Å². The lowest BCUT2D eigenvalue weighted by Gasteiger charge is -2.11. The molecule has 8 heteroatoms. The maximum absolute atomic E-state index is 13.1. The van der Waals surface area contributed by atoms with Crippen molar-refractivity contribution in [2.24, 2.45) is 7.05 Å². The number of pyridine rings is 1. The Morgan fingerprint density at radius 2 is 1.81 bits per heavy atom. The molecule has 0 saturated carbocycles. The van der Waals surface area contributed by atoms with Crippen LogP contribution >= 0.6 is 11.3 Å². The van der Waals surface area contributed by atoms with Crippen molar-refractivity contribution < 1.29 is 14.0 Å². The summed E-state index contributed by atoms with van der Waals surface area (Å²) < 4.78 is 6.59. The molecule has 3 N–H and O–H groups in total. The van der Waals surface area contributed by atoms with Gasteiger partial charge in [0.2, 0.25) is 0 Å². The molecule has 0 atom stereocenters. The summed E-state index contributed by atoms with van der Waals surface area (Å²) in [7, 11) is 1.71. The predicted molar refractivity (Wildman–Crippen MR) is 143 cm³/mol. The molecule has 176 valence electrons. The highest BCUT2D eigenvalue weighted by Gasteiger charge is 2.23. The van der Waals surface area contributed by atoms with Gasteiger partial charge in [0.05, 0.1) is 11.4 Å². The Bertz CT molecular complexity index is 1760. The van der Waals surface area contributed by atoms with Crippen LogP contribution in [0.5, 0.6) is 0 Å². The van der Waals surface area contributed by atoms with Crippen molar-refractivity contribution in [1.82, 2.24) is 10.3 Å². The summed E-state index contributed by atoms with van der Waals surface area (Å²) in [6, 6.07) is 24.8. The Hall–Kier alpha value is -4.56. The van der Waals surface area contributed by atoms with Crippen molar-refractivity contribution in [2.75, 3.05) is 11.1 Å². The number of aromatic nitrogens is 3. The zero-order chi connectivity index (χ0) is 24.8. The summed E-state index contributed by atoms with van der Waals surface area (Å²) in [5.74, 6) is -0.128. The van der Waals surface area contributed by atoms with Crippen LogP contribution in [0.3, 0.4) is 0 Å². The molecule has 0 saturated heterocycles. The maximum Gasteiger partial charge on any atom is 0.302 e. The topological polar surface area (TPSA) is 97.9 Å². The van der Waals surface area contributed by atoms with Gasteiger partial charge in [0, 0.05) is 10.9 Å². The molecule has 0 spiro atoms. The van der Waals surface area contributed by atoms with Crippen LogP contribution in [-0.4, -0.2) is 16.2 Å². The van der Waals surface area contributed by atoms with Gasteiger partial charge in [-0.25, -0.2) is 4.98 Å². The monoisotopic (exact) mass is 492 g/mol. The van der Waals surface area contributed by atoms with Gasteiger partial charge >= 0.3 is 5.88 Å². The molecule has 0 aliphatic heterocycles. The molecule has 1 amide bonds. The van der Waals surface area contributed by atoms with E-state index in [2.05, 4.69) is 72.1 Å². The molecule has 6 aromatic rings. The van der Waals surface area contributed by atoms with Crippen molar-refractivity contribution in [2.45, 2.75) is 6.92 Å². The molecule has 3 aromatic carbocycles. The lowest BCUT2D eigenvalue weighted by atomic mass is 9.96. The molecule has 6 rings (SSSR count). The van der Waals surface area contributed by atoms with Crippen molar-refractivity contribution in [3.8, 4) is 22.4 Å². The number of anilines is 2. The number of rotatable bonds is 4. The number of carbonyl (C=O) groups excluding carboxylic acids is 1. The van der Waals surface area contributed by atoms with Crippen LogP contribution in [0.4, 0.5) is 11.6 Å². The minimum atomic E-state index is -0.367. The molecule has 0 radical (unpaired) electrons. The second-order valence-corrected chi connectivity index (χ2v) is 9.67. The number of hydrogen-bond donors (Lipinski definition) is 2. The normalized spacial score (nSPS) is 11.3. The number of amides is 1. The maximum atomic E-state index is 13.1. The molecule has 3 heterocycles. The Morgan fingerprint density at radius 3 is 2.58 bits per heavy atom. The highest BCUT2D eigenvalue weighted by atomic mass is 32.1. The number of nitrogens with zero attached hydrogens (tertiary/aromatic N) is 3. The summed E-state index contributed by atoms with van der Waals surface area (Å²) in [5.41, 5.74) is 11.9. The summed E-state index contributed by atoms with van der Waals surface area (Å²) in [4.78, 5) is 19.2. The molecule has 36 heavy (non-hydrogen) atoms. The number of nitrogens with one attached hydrogen (secondary N) is 1. The average Bonchev–Trinajstić information content (AvgIpc) is 3.45. The highest BCUT2D eigenvalue weighted by molar-refractivity contribution is 7.21. The van der Waals surface area contributed by atoms with Crippen LogP contribution in [0.1, 0.15) is 15.2 Å². The fourth-order valence-corrected chi connectivity index (χ4v) is 5.40. The van der Waals surface area contributed by atoms with Gasteiger partial charge in [-0.3, -0.25) is 14.6 Å². The van der Waals surface area contributed by atoms with E-state index in [1.54, 1.807) is 13.2 Å². The lowest BCUT2D eigenvalue weighted by Crippen LogP contribution is -2.28. The Kier molecular flexibility index (Phi) is 5.23.